The Morgan fingerprint density at radius 2 is 1.62 bits per heavy atom. The van der Waals surface area contributed by atoms with Crippen LogP contribution in [0.4, 0.5) is 5.69 Å². The van der Waals surface area contributed by atoms with Gasteiger partial charge in [0.25, 0.3) is 11.7 Å². The number of rotatable bonds is 4. The molecular weight excluding hydrogens is 516 g/mol. The molecule has 34 heavy (non-hydrogen) atoms. The zero-order valence-corrected chi connectivity index (χ0v) is 20.0. The van der Waals surface area contributed by atoms with Gasteiger partial charge >= 0.3 is 0 Å². The Hall–Kier alpha value is -3.75. The van der Waals surface area contributed by atoms with E-state index in [0.717, 1.165) is 15.0 Å². The molecule has 1 fully saturated rings. The maximum Gasteiger partial charge on any atom is 0.300 e. The van der Waals surface area contributed by atoms with E-state index in [-0.39, 0.29) is 17.1 Å². The monoisotopic (exact) mass is 532 g/mol. The Kier molecular flexibility index (Phi) is 5.77. The number of Topliss-reactive ketones (excluding diaryl/α,β-unsaturated/α-hetero) is 1. The summed E-state index contributed by atoms with van der Waals surface area (Å²) in [5.41, 5.74) is 2.43. The number of halogens is 1. The summed E-state index contributed by atoms with van der Waals surface area (Å²) in [4.78, 5) is 32.1. The van der Waals surface area contributed by atoms with Crippen LogP contribution in [0.25, 0.3) is 16.3 Å². The Labute approximate surface area is 207 Å². The van der Waals surface area contributed by atoms with Crippen molar-refractivity contribution in [2.45, 2.75) is 6.04 Å². The molecule has 0 saturated carbocycles. The minimum absolute atomic E-state index is 0.00222. The molecular formula is C26H17BrN2O4S. The summed E-state index contributed by atoms with van der Waals surface area (Å²) < 4.78 is 0.822. The molecule has 1 aliphatic heterocycles. The number of benzene rings is 3. The number of amides is 1. The minimum Gasteiger partial charge on any atom is -0.508 e. The summed E-state index contributed by atoms with van der Waals surface area (Å²) in [6.07, 6.45) is 1.73. The van der Waals surface area contributed by atoms with Gasteiger partial charge in [0.2, 0.25) is 0 Å². The Bertz CT molecular complexity index is 1400. The maximum atomic E-state index is 13.2. The van der Waals surface area contributed by atoms with E-state index in [1.165, 1.54) is 28.4 Å². The largest absolute Gasteiger partial charge is 0.508 e. The van der Waals surface area contributed by atoms with Crippen molar-refractivity contribution in [1.29, 1.82) is 0 Å². The van der Waals surface area contributed by atoms with Gasteiger partial charge in [0.15, 0.2) is 0 Å². The highest BCUT2D eigenvalue weighted by atomic mass is 79.9. The highest BCUT2D eigenvalue weighted by Crippen LogP contribution is 2.43. The lowest BCUT2D eigenvalue weighted by molar-refractivity contribution is -0.132. The van der Waals surface area contributed by atoms with Crippen molar-refractivity contribution in [2.24, 2.45) is 0 Å². The molecule has 6 nitrogen and oxygen atoms in total. The third kappa shape index (κ3) is 3.91. The molecule has 1 aromatic heterocycles. The molecule has 168 valence electrons. The highest BCUT2D eigenvalue weighted by molar-refractivity contribution is 9.10. The van der Waals surface area contributed by atoms with Crippen molar-refractivity contribution in [2.75, 3.05) is 4.90 Å². The summed E-state index contributed by atoms with van der Waals surface area (Å²) in [6, 6.07) is 19.5. The zero-order chi connectivity index (χ0) is 23.8. The van der Waals surface area contributed by atoms with Crippen molar-refractivity contribution in [3.63, 3.8) is 0 Å². The molecule has 1 unspecified atom stereocenters. The third-order valence-electron chi connectivity index (χ3n) is 5.60. The molecule has 5 rings (SSSR count). The number of anilines is 1. The molecule has 2 heterocycles. The second kappa shape index (κ2) is 8.89. The van der Waals surface area contributed by atoms with E-state index >= 15 is 0 Å². The Balaban J connectivity index is 1.67. The van der Waals surface area contributed by atoms with Gasteiger partial charge in [-0.3, -0.25) is 14.5 Å². The normalized spacial score (nSPS) is 17.3. The van der Waals surface area contributed by atoms with E-state index in [9.17, 15) is 19.8 Å². The van der Waals surface area contributed by atoms with Crippen molar-refractivity contribution >= 4 is 50.4 Å². The summed E-state index contributed by atoms with van der Waals surface area (Å²) in [7, 11) is 0. The Morgan fingerprint density at radius 1 is 0.941 bits per heavy atom. The number of hydrogen-bond donors (Lipinski definition) is 2. The van der Waals surface area contributed by atoms with E-state index in [1.807, 2.05) is 29.6 Å². The standard InChI is InChI=1S/C26H17BrN2O4S/c27-18-7-5-16(6-8-18)23(31)21-22(15-1-3-17(4-2-15)25-28-13-14-34-25)29(26(33)24(21)32)19-9-11-20(30)12-10-19/h1-14,22,30-31H/b23-21+. The van der Waals surface area contributed by atoms with Crippen LogP contribution in [0.3, 0.4) is 0 Å². The van der Waals surface area contributed by atoms with Gasteiger partial charge < -0.3 is 10.2 Å². The molecule has 3 aromatic carbocycles. The average molecular weight is 533 g/mol. The van der Waals surface area contributed by atoms with E-state index in [0.29, 0.717) is 16.8 Å². The quantitative estimate of drug-likeness (QED) is 0.194. The van der Waals surface area contributed by atoms with Gasteiger partial charge in [-0.1, -0.05) is 52.3 Å². The van der Waals surface area contributed by atoms with Crippen LogP contribution in [0, 0.1) is 0 Å². The molecule has 0 aliphatic carbocycles. The lowest BCUT2D eigenvalue weighted by atomic mass is 9.94. The predicted molar refractivity (Wildman–Crippen MR) is 135 cm³/mol. The summed E-state index contributed by atoms with van der Waals surface area (Å²) in [5, 5.41) is 23.6. The number of carbonyl (C=O) groups excluding carboxylic acids is 2. The molecule has 1 aliphatic rings. The van der Waals surface area contributed by atoms with Gasteiger partial charge in [-0.25, -0.2) is 4.98 Å². The van der Waals surface area contributed by atoms with Crippen LogP contribution in [-0.2, 0) is 9.59 Å². The molecule has 1 atom stereocenters. The average Bonchev–Trinajstić information content (AvgIpc) is 3.47. The third-order valence-corrected chi connectivity index (χ3v) is 6.95. The van der Waals surface area contributed by atoms with Crippen LogP contribution in [0.1, 0.15) is 17.2 Å². The van der Waals surface area contributed by atoms with E-state index < -0.39 is 17.7 Å². The van der Waals surface area contributed by atoms with Gasteiger partial charge in [-0.15, -0.1) is 11.3 Å². The fraction of sp³-hybridized carbons (Fsp3) is 0.0385. The molecule has 8 heteroatoms. The maximum absolute atomic E-state index is 13.2. The van der Waals surface area contributed by atoms with Crippen LogP contribution >= 0.6 is 27.3 Å². The smallest absolute Gasteiger partial charge is 0.300 e. The molecule has 4 aromatic rings. The number of aliphatic hydroxyl groups is 1. The first-order chi connectivity index (χ1) is 16.4. The first-order valence-corrected chi connectivity index (χ1v) is 12.0. The molecule has 2 N–H and O–H groups in total. The fourth-order valence-corrected chi connectivity index (χ4v) is 4.87. The predicted octanol–water partition coefficient (Wildman–Crippen LogP) is 5.90. The number of aromatic nitrogens is 1. The van der Waals surface area contributed by atoms with Gasteiger partial charge in [0.1, 0.15) is 16.5 Å². The summed E-state index contributed by atoms with van der Waals surface area (Å²) in [5.74, 6) is -1.73. The number of thiazole rings is 1. The van der Waals surface area contributed by atoms with Crippen LogP contribution in [0.2, 0.25) is 0 Å². The van der Waals surface area contributed by atoms with Crippen molar-refractivity contribution in [3.05, 3.63) is 106 Å². The lowest BCUT2D eigenvalue weighted by Crippen LogP contribution is -2.29. The number of aliphatic hydroxyl groups excluding tert-OH is 1. The van der Waals surface area contributed by atoms with E-state index in [1.54, 1.807) is 42.6 Å². The number of phenols is 1. The second-order valence-electron chi connectivity index (χ2n) is 7.65. The van der Waals surface area contributed by atoms with Crippen LogP contribution in [0.15, 0.2) is 94.4 Å². The van der Waals surface area contributed by atoms with Gasteiger partial charge in [0, 0.05) is 32.9 Å². The van der Waals surface area contributed by atoms with Crippen molar-refractivity contribution in [3.8, 4) is 16.3 Å². The number of hydrogen-bond acceptors (Lipinski definition) is 6. The van der Waals surface area contributed by atoms with E-state index in [4.69, 9.17) is 0 Å². The highest BCUT2D eigenvalue weighted by Gasteiger charge is 2.47. The van der Waals surface area contributed by atoms with Crippen molar-refractivity contribution in [1.82, 2.24) is 4.98 Å². The number of carbonyl (C=O) groups is 2. The topological polar surface area (TPSA) is 90.7 Å². The number of nitrogens with zero attached hydrogens (tertiary/aromatic N) is 2. The van der Waals surface area contributed by atoms with Gasteiger partial charge in [-0.05, 0) is 42.0 Å². The molecule has 1 amide bonds. The Morgan fingerprint density at radius 3 is 2.24 bits per heavy atom. The summed E-state index contributed by atoms with van der Waals surface area (Å²) >= 11 is 4.88. The summed E-state index contributed by atoms with van der Waals surface area (Å²) in [6.45, 7) is 0. The molecule has 0 spiro atoms. The molecule has 0 bridgehead atoms. The first-order valence-electron chi connectivity index (χ1n) is 10.3. The van der Waals surface area contributed by atoms with Gasteiger partial charge in [0.05, 0.1) is 11.6 Å². The fourth-order valence-electron chi connectivity index (χ4n) is 3.96. The zero-order valence-electron chi connectivity index (χ0n) is 17.6. The van der Waals surface area contributed by atoms with Crippen LogP contribution in [-0.4, -0.2) is 26.9 Å². The van der Waals surface area contributed by atoms with Crippen LogP contribution < -0.4 is 4.90 Å². The van der Waals surface area contributed by atoms with E-state index in [2.05, 4.69) is 20.9 Å². The first kappa shape index (κ1) is 22.1. The molecule has 0 radical (unpaired) electrons. The van der Waals surface area contributed by atoms with Gasteiger partial charge in [-0.2, -0.15) is 0 Å². The lowest BCUT2D eigenvalue weighted by Gasteiger charge is -2.25. The van der Waals surface area contributed by atoms with Crippen molar-refractivity contribution < 1.29 is 19.8 Å². The second-order valence-corrected chi connectivity index (χ2v) is 9.46. The SMILES string of the molecule is O=C1C(=O)N(c2ccc(O)cc2)C(c2ccc(-c3nccs3)cc2)/C1=C(\O)c1ccc(Br)cc1. The number of ketones is 1. The number of aromatic hydroxyl groups is 1. The van der Waals surface area contributed by atoms with Crippen LogP contribution in [0.5, 0.6) is 5.75 Å². The molecule has 1 saturated heterocycles. The minimum atomic E-state index is -0.849. The number of phenolic OH excluding ortho intramolecular Hbond substituents is 1.